The normalized spacial score (nSPS) is 15.2. The van der Waals surface area contributed by atoms with Crippen molar-refractivity contribution in [2.24, 2.45) is 0 Å². The second kappa shape index (κ2) is 10.7. The quantitative estimate of drug-likeness (QED) is 0.509. The smallest absolute Gasteiger partial charge is 0.243 e. The molecule has 1 saturated heterocycles. The van der Waals surface area contributed by atoms with Crippen LogP contribution in [0, 0.1) is 0 Å². The first-order valence-electron chi connectivity index (χ1n) is 10.9. The van der Waals surface area contributed by atoms with Gasteiger partial charge in [-0.25, -0.2) is 18.4 Å². The largest absolute Gasteiger partial charge is 0.393 e. The number of nitrogens with zero attached hydrogens (tertiary/aromatic N) is 4. The van der Waals surface area contributed by atoms with Gasteiger partial charge in [0.25, 0.3) is 0 Å². The third-order valence-electron chi connectivity index (χ3n) is 5.51. The fourth-order valence-electron chi connectivity index (χ4n) is 3.71. The molecule has 1 aromatic carbocycles. The molecule has 170 valence electrons. The van der Waals surface area contributed by atoms with E-state index in [2.05, 4.69) is 25.5 Å². The highest BCUT2D eigenvalue weighted by molar-refractivity contribution is 7.89. The second-order valence-electron chi connectivity index (χ2n) is 7.55. The summed E-state index contributed by atoms with van der Waals surface area (Å²) in [6.45, 7) is 8.53. The first kappa shape index (κ1) is 23.2. The summed E-state index contributed by atoms with van der Waals surface area (Å²) in [6, 6.07) is 6.60. The lowest BCUT2D eigenvalue weighted by Crippen LogP contribution is -2.33. The van der Waals surface area contributed by atoms with Crippen LogP contribution in [0.4, 0.5) is 23.0 Å². The minimum absolute atomic E-state index is 0.262. The number of nitrogens with one attached hydrogen (secondary N) is 2. The van der Waals surface area contributed by atoms with Gasteiger partial charge >= 0.3 is 0 Å². The van der Waals surface area contributed by atoms with Crippen LogP contribution in [0.25, 0.3) is 0 Å². The predicted molar refractivity (Wildman–Crippen MR) is 125 cm³/mol. The molecule has 1 aliphatic rings. The second-order valence-corrected chi connectivity index (χ2v) is 9.49. The average Bonchev–Trinajstić information content (AvgIpc) is 2.78. The first-order valence-corrected chi connectivity index (χ1v) is 12.3. The van der Waals surface area contributed by atoms with Gasteiger partial charge in [0.2, 0.25) is 10.0 Å². The van der Waals surface area contributed by atoms with E-state index in [1.807, 2.05) is 13.8 Å². The Morgan fingerprint density at radius 3 is 2.32 bits per heavy atom. The Morgan fingerprint density at radius 2 is 1.68 bits per heavy atom. The van der Waals surface area contributed by atoms with Crippen molar-refractivity contribution in [3.05, 3.63) is 30.6 Å². The molecule has 0 amide bonds. The molecule has 1 fully saturated rings. The Bertz CT molecular complexity index is 941. The third-order valence-corrected chi connectivity index (χ3v) is 7.58. The zero-order valence-electron chi connectivity index (χ0n) is 18.3. The number of hydrogen-bond acceptors (Lipinski definition) is 8. The summed E-state index contributed by atoms with van der Waals surface area (Å²) in [5.74, 6) is 1.07. The van der Waals surface area contributed by atoms with E-state index in [1.54, 1.807) is 24.3 Å². The molecule has 0 radical (unpaired) electrons. The fraction of sp³-hybridized carbons (Fsp3) is 0.524. The summed E-state index contributed by atoms with van der Waals surface area (Å²) in [6.07, 6.45) is 5.30. The van der Waals surface area contributed by atoms with Crippen LogP contribution in [0.3, 0.4) is 0 Å². The Morgan fingerprint density at radius 1 is 1.03 bits per heavy atom. The van der Waals surface area contributed by atoms with Crippen molar-refractivity contribution < 1.29 is 8.42 Å². The van der Waals surface area contributed by atoms with Crippen molar-refractivity contribution in [1.82, 2.24) is 19.2 Å². The molecule has 0 aliphatic carbocycles. The van der Waals surface area contributed by atoms with Crippen molar-refractivity contribution >= 4 is 33.0 Å². The van der Waals surface area contributed by atoms with Gasteiger partial charge in [0.1, 0.15) is 12.0 Å². The Balaban J connectivity index is 1.64. The minimum Gasteiger partial charge on any atom is -0.393 e. The summed E-state index contributed by atoms with van der Waals surface area (Å²) >= 11 is 0. The molecule has 31 heavy (non-hydrogen) atoms. The molecule has 0 unspecified atom stereocenters. The molecule has 2 heterocycles. The molecule has 0 atom stereocenters. The van der Waals surface area contributed by atoms with Crippen LogP contribution < -0.4 is 16.4 Å². The van der Waals surface area contributed by atoms with Gasteiger partial charge < -0.3 is 21.3 Å². The van der Waals surface area contributed by atoms with Gasteiger partial charge in [-0.15, -0.1) is 0 Å². The number of nitrogen functional groups attached to an aromatic ring is 1. The van der Waals surface area contributed by atoms with Gasteiger partial charge in [0.05, 0.1) is 4.90 Å². The van der Waals surface area contributed by atoms with Crippen LogP contribution in [0.1, 0.15) is 33.1 Å². The number of sulfonamides is 1. The van der Waals surface area contributed by atoms with E-state index in [4.69, 9.17) is 5.73 Å². The summed E-state index contributed by atoms with van der Waals surface area (Å²) in [5, 5.41) is 6.45. The summed E-state index contributed by atoms with van der Waals surface area (Å²) in [5.41, 5.74) is 7.39. The molecular weight excluding hydrogens is 414 g/mol. The average molecular weight is 448 g/mol. The van der Waals surface area contributed by atoms with Crippen molar-refractivity contribution in [3.63, 3.8) is 0 Å². The Kier molecular flexibility index (Phi) is 8.05. The molecular formula is C21H33N7O2S. The first-order chi connectivity index (χ1) is 15.0. The molecule has 10 heteroatoms. The van der Waals surface area contributed by atoms with Crippen molar-refractivity contribution in [2.45, 2.75) is 38.0 Å². The summed E-state index contributed by atoms with van der Waals surface area (Å²) in [4.78, 5) is 11.2. The Labute approximate surface area is 185 Å². The molecule has 2 aromatic rings. The van der Waals surface area contributed by atoms with Crippen LogP contribution >= 0.6 is 0 Å². The van der Waals surface area contributed by atoms with E-state index in [9.17, 15) is 8.42 Å². The van der Waals surface area contributed by atoms with E-state index in [1.165, 1.54) is 29.9 Å². The number of hydrogen-bond donors (Lipinski definition) is 3. The van der Waals surface area contributed by atoms with Crippen LogP contribution in [0.5, 0.6) is 0 Å². The molecule has 0 bridgehead atoms. The van der Waals surface area contributed by atoms with Crippen LogP contribution in [0.15, 0.2) is 35.5 Å². The molecule has 9 nitrogen and oxygen atoms in total. The van der Waals surface area contributed by atoms with Gasteiger partial charge in [0.15, 0.2) is 11.6 Å². The van der Waals surface area contributed by atoms with Gasteiger partial charge in [-0.1, -0.05) is 20.3 Å². The lowest BCUT2D eigenvalue weighted by atomic mass is 10.1. The zero-order valence-corrected chi connectivity index (χ0v) is 19.2. The topological polar surface area (TPSA) is 116 Å². The van der Waals surface area contributed by atoms with Gasteiger partial charge in [0, 0.05) is 31.9 Å². The highest BCUT2D eigenvalue weighted by atomic mass is 32.2. The maximum Gasteiger partial charge on any atom is 0.243 e. The monoisotopic (exact) mass is 447 g/mol. The lowest BCUT2D eigenvalue weighted by Gasteiger charge is -2.26. The number of benzene rings is 1. The number of anilines is 4. The maximum atomic E-state index is 12.6. The van der Waals surface area contributed by atoms with Crippen LogP contribution in [0.2, 0.25) is 0 Å². The standard InChI is InChI=1S/C21H33N7O2S/c1-3-28(4-2)31(29,30)18-10-8-17(9-11-18)26-21-19(22)20(24-16-25-21)23-12-15-27-13-6-5-7-14-27/h8-11,16H,3-7,12-15,22H2,1-2H3,(H2,23,24,25,26). The Hall–Kier alpha value is -2.43. The van der Waals surface area contributed by atoms with Crippen molar-refractivity contribution in [3.8, 4) is 0 Å². The number of likely N-dealkylation sites (tertiary alicyclic amines) is 1. The number of rotatable bonds is 10. The molecule has 0 saturated carbocycles. The van der Waals surface area contributed by atoms with Gasteiger partial charge in [-0.3, -0.25) is 0 Å². The molecule has 4 N–H and O–H groups in total. The molecule has 1 aliphatic heterocycles. The number of piperidine rings is 1. The van der Waals surface area contributed by atoms with E-state index in [0.717, 1.165) is 26.2 Å². The van der Waals surface area contributed by atoms with Crippen molar-refractivity contribution in [1.29, 1.82) is 0 Å². The van der Waals surface area contributed by atoms with Gasteiger partial charge in [-0.2, -0.15) is 4.31 Å². The lowest BCUT2D eigenvalue weighted by molar-refractivity contribution is 0.237. The molecule has 1 aromatic heterocycles. The third kappa shape index (κ3) is 5.84. The van der Waals surface area contributed by atoms with E-state index >= 15 is 0 Å². The van der Waals surface area contributed by atoms with Crippen LogP contribution in [-0.4, -0.2) is 66.9 Å². The summed E-state index contributed by atoms with van der Waals surface area (Å²) < 4.78 is 26.7. The maximum absolute atomic E-state index is 12.6. The zero-order chi connectivity index (χ0) is 22.3. The summed E-state index contributed by atoms with van der Waals surface area (Å²) in [7, 11) is -3.48. The van der Waals surface area contributed by atoms with E-state index < -0.39 is 10.0 Å². The molecule has 3 rings (SSSR count). The fourth-order valence-corrected chi connectivity index (χ4v) is 5.17. The molecule has 0 spiro atoms. The number of nitrogens with two attached hydrogens (primary N) is 1. The van der Waals surface area contributed by atoms with Crippen LogP contribution in [-0.2, 0) is 10.0 Å². The predicted octanol–water partition coefficient (Wildman–Crippen LogP) is 2.73. The highest BCUT2D eigenvalue weighted by Gasteiger charge is 2.21. The van der Waals surface area contributed by atoms with Crippen molar-refractivity contribution in [2.75, 3.05) is 55.6 Å². The van der Waals surface area contributed by atoms with E-state index in [0.29, 0.717) is 36.1 Å². The minimum atomic E-state index is -3.48. The number of aromatic nitrogens is 2. The van der Waals surface area contributed by atoms with E-state index in [-0.39, 0.29) is 4.90 Å². The highest BCUT2D eigenvalue weighted by Crippen LogP contribution is 2.26. The van der Waals surface area contributed by atoms with Gasteiger partial charge in [-0.05, 0) is 50.2 Å². The SMILES string of the molecule is CCN(CC)S(=O)(=O)c1ccc(Nc2ncnc(NCCN3CCCCC3)c2N)cc1.